The Morgan fingerprint density at radius 1 is 1.35 bits per heavy atom. The van der Waals surface area contributed by atoms with Crippen LogP contribution in [0.25, 0.3) is 11.5 Å². The number of aryl methyl sites for hydroxylation is 1. The summed E-state index contributed by atoms with van der Waals surface area (Å²) in [7, 11) is 0. The summed E-state index contributed by atoms with van der Waals surface area (Å²) in [5.74, 6) is 1.94. The van der Waals surface area contributed by atoms with Gasteiger partial charge in [0.2, 0.25) is 5.91 Å². The summed E-state index contributed by atoms with van der Waals surface area (Å²) in [6, 6.07) is 7.25. The van der Waals surface area contributed by atoms with Crippen molar-refractivity contribution in [2.24, 2.45) is 0 Å². The van der Waals surface area contributed by atoms with Crippen molar-refractivity contribution in [3.8, 4) is 11.5 Å². The molecule has 0 aliphatic heterocycles. The average molecular weight is 330 g/mol. The molecule has 0 saturated carbocycles. The minimum absolute atomic E-state index is 0.0789. The lowest BCUT2D eigenvalue weighted by Gasteiger charge is -2.03. The Bertz CT molecular complexity index is 768. The molecule has 1 amide bonds. The van der Waals surface area contributed by atoms with Gasteiger partial charge in [0.15, 0.2) is 5.82 Å². The molecule has 0 unspecified atom stereocenters. The molecular formula is C15H14N4O3S. The molecule has 0 saturated heterocycles. The zero-order valence-corrected chi connectivity index (χ0v) is 13.2. The summed E-state index contributed by atoms with van der Waals surface area (Å²) in [5.41, 5.74) is 0.747. The van der Waals surface area contributed by atoms with Crippen LogP contribution in [-0.2, 0) is 11.3 Å². The Morgan fingerprint density at radius 3 is 2.91 bits per heavy atom. The van der Waals surface area contributed by atoms with Crippen molar-refractivity contribution in [1.29, 1.82) is 0 Å². The fraction of sp³-hybridized carbons (Fsp3) is 0.200. The Balaban J connectivity index is 1.49. The van der Waals surface area contributed by atoms with Gasteiger partial charge in [-0.2, -0.15) is 4.98 Å². The van der Waals surface area contributed by atoms with Gasteiger partial charge in [-0.3, -0.25) is 4.79 Å². The van der Waals surface area contributed by atoms with Crippen LogP contribution in [0.2, 0.25) is 0 Å². The van der Waals surface area contributed by atoms with Crippen molar-refractivity contribution < 1.29 is 13.7 Å². The minimum atomic E-state index is -0.0789. The molecular weight excluding hydrogens is 316 g/mol. The molecule has 8 heteroatoms. The molecule has 118 valence electrons. The number of hydrogen-bond acceptors (Lipinski definition) is 7. The van der Waals surface area contributed by atoms with E-state index in [4.69, 9.17) is 8.94 Å². The third-order valence-corrected chi connectivity index (χ3v) is 3.85. The van der Waals surface area contributed by atoms with E-state index in [0.717, 1.165) is 16.3 Å². The van der Waals surface area contributed by atoms with Gasteiger partial charge in [-0.25, -0.2) is 4.98 Å². The lowest BCUT2D eigenvalue weighted by Crippen LogP contribution is -2.24. The van der Waals surface area contributed by atoms with Crippen LogP contribution in [0.5, 0.6) is 0 Å². The van der Waals surface area contributed by atoms with E-state index in [1.165, 1.54) is 11.8 Å². The van der Waals surface area contributed by atoms with Gasteiger partial charge in [-0.1, -0.05) is 16.9 Å². The molecule has 0 aliphatic rings. The lowest BCUT2D eigenvalue weighted by molar-refractivity contribution is -0.118. The van der Waals surface area contributed by atoms with Gasteiger partial charge in [-0.15, -0.1) is 0 Å². The molecule has 0 radical (unpaired) electrons. The van der Waals surface area contributed by atoms with Crippen molar-refractivity contribution in [3.63, 3.8) is 0 Å². The van der Waals surface area contributed by atoms with Crippen LogP contribution in [0.3, 0.4) is 0 Å². The van der Waals surface area contributed by atoms with Gasteiger partial charge in [0.25, 0.3) is 5.89 Å². The number of amides is 1. The van der Waals surface area contributed by atoms with Crippen LogP contribution in [0.15, 0.2) is 50.7 Å². The number of nitrogens with zero attached hydrogens (tertiary/aromatic N) is 3. The van der Waals surface area contributed by atoms with Crippen LogP contribution in [-0.4, -0.2) is 26.8 Å². The highest BCUT2D eigenvalue weighted by Gasteiger charge is 2.08. The summed E-state index contributed by atoms with van der Waals surface area (Å²) < 4.78 is 10.2. The number of carbonyl (C=O) groups is 1. The number of nitrogens with one attached hydrogen (secondary N) is 1. The molecule has 1 N–H and O–H groups in total. The van der Waals surface area contributed by atoms with E-state index in [2.05, 4.69) is 20.4 Å². The largest absolute Gasteiger partial charge is 0.467 e. The highest BCUT2D eigenvalue weighted by Crippen LogP contribution is 2.20. The number of rotatable bonds is 6. The first-order chi connectivity index (χ1) is 11.2. The molecule has 0 aromatic carbocycles. The first-order valence-electron chi connectivity index (χ1n) is 6.89. The molecule has 0 spiro atoms. The second kappa shape index (κ2) is 7.10. The predicted molar refractivity (Wildman–Crippen MR) is 83.5 cm³/mol. The first kappa shape index (κ1) is 15.3. The standard InChI is InChI=1S/C15H14N4O3S/c1-10-18-15(22-19-10)11-4-5-14(17-7-11)23-9-13(20)16-8-12-3-2-6-21-12/h2-7H,8-9H2,1H3,(H,16,20). The number of pyridine rings is 1. The maximum absolute atomic E-state index is 11.8. The molecule has 0 aliphatic carbocycles. The Morgan fingerprint density at radius 2 is 2.26 bits per heavy atom. The maximum Gasteiger partial charge on any atom is 0.259 e. The quantitative estimate of drug-likeness (QED) is 0.694. The normalized spacial score (nSPS) is 10.7. The fourth-order valence-corrected chi connectivity index (χ4v) is 2.47. The van der Waals surface area contributed by atoms with E-state index in [0.29, 0.717) is 18.3 Å². The number of hydrogen-bond donors (Lipinski definition) is 1. The highest BCUT2D eigenvalue weighted by molar-refractivity contribution is 7.99. The monoisotopic (exact) mass is 330 g/mol. The van der Waals surface area contributed by atoms with Crippen LogP contribution in [0.1, 0.15) is 11.6 Å². The van der Waals surface area contributed by atoms with E-state index < -0.39 is 0 Å². The van der Waals surface area contributed by atoms with Crippen LogP contribution in [0, 0.1) is 6.92 Å². The molecule has 3 aromatic rings. The number of aromatic nitrogens is 3. The third kappa shape index (κ3) is 4.19. The van der Waals surface area contributed by atoms with Crippen molar-refractivity contribution in [3.05, 3.63) is 48.3 Å². The molecule has 3 rings (SSSR count). The van der Waals surface area contributed by atoms with Gasteiger partial charge < -0.3 is 14.3 Å². The Kier molecular flexibility index (Phi) is 4.72. The fourth-order valence-electron chi connectivity index (χ4n) is 1.80. The Hall–Kier alpha value is -2.61. The Labute approximate surface area is 136 Å². The van der Waals surface area contributed by atoms with Gasteiger partial charge in [0.1, 0.15) is 5.76 Å². The van der Waals surface area contributed by atoms with Gasteiger partial charge in [0.05, 0.1) is 29.2 Å². The maximum atomic E-state index is 11.8. The minimum Gasteiger partial charge on any atom is -0.467 e. The summed E-state index contributed by atoms with van der Waals surface area (Å²) in [4.78, 5) is 20.2. The first-order valence-corrected chi connectivity index (χ1v) is 7.88. The molecule has 0 bridgehead atoms. The van der Waals surface area contributed by atoms with E-state index in [1.807, 2.05) is 18.2 Å². The molecule has 0 fully saturated rings. The zero-order valence-electron chi connectivity index (χ0n) is 12.4. The second-order valence-electron chi connectivity index (χ2n) is 4.68. The third-order valence-electron chi connectivity index (χ3n) is 2.90. The van der Waals surface area contributed by atoms with E-state index in [9.17, 15) is 4.79 Å². The van der Waals surface area contributed by atoms with Crippen LogP contribution in [0.4, 0.5) is 0 Å². The van der Waals surface area contributed by atoms with Crippen molar-refractivity contribution in [2.75, 3.05) is 5.75 Å². The van der Waals surface area contributed by atoms with Crippen molar-refractivity contribution in [2.45, 2.75) is 18.5 Å². The summed E-state index contributed by atoms with van der Waals surface area (Å²) in [6.07, 6.45) is 3.22. The molecule has 23 heavy (non-hydrogen) atoms. The topological polar surface area (TPSA) is 94.1 Å². The predicted octanol–water partition coefficient (Wildman–Crippen LogP) is 2.44. The SMILES string of the molecule is Cc1noc(-c2ccc(SCC(=O)NCc3ccco3)nc2)n1. The van der Waals surface area contributed by atoms with Crippen molar-refractivity contribution in [1.82, 2.24) is 20.4 Å². The number of carbonyl (C=O) groups excluding carboxylic acids is 1. The summed E-state index contributed by atoms with van der Waals surface area (Å²) in [5, 5.41) is 7.27. The van der Waals surface area contributed by atoms with E-state index in [1.54, 1.807) is 25.5 Å². The molecule has 3 heterocycles. The molecule has 0 atom stereocenters. The van der Waals surface area contributed by atoms with E-state index >= 15 is 0 Å². The summed E-state index contributed by atoms with van der Waals surface area (Å²) in [6.45, 7) is 2.14. The van der Waals surface area contributed by atoms with Gasteiger partial charge in [-0.05, 0) is 31.2 Å². The molecule has 3 aromatic heterocycles. The van der Waals surface area contributed by atoms with E-state index in [-0.39, 0.29) is 11.7 Å². The number of furan rings is 1. The van der Waals surface area contributed by atoms with Crippen molar-refractivity contribution >= 4 is 17.7 Å². The van der Waals surface area contributed by atoms with Gasteiger partial charge in [0, 0.05) is 6.20 Å². The van der Waals surface area contributed by atoms with Gasteiger partial charge >= 0.3 is 0 Å². The zero-order chi connectivity index (χ0) is 16.1. The number of thioether (sulfide) groups is 1. The smallest absolute Gasteiger partial charge is 0.259 e. The van der Waals surface area contributed by atoms with Crippen LogP contribution >= 0.6 is 11.8 Å². The van der Waals surface area contributed by atoms with Crippen LogP contribution < -0.4 is 5.32 Å². The highest BCUT2D eigenvalue weighted by atomic mass is 32.2. The molecule has 7 nitrogen and oxygen atoms in total. The second-order valence-corrected chi connectivity index (χ2v) is 5.67. The lowest BCUT2D eigenvalue weighted by atomic mass is 10.3. The summed E-state index contributed by atoms with van der Waals surface area (Å²) >= 11 is 1.35. The average Bonchev–Trinajstić information content (AvgIpc) is 3.23.